The molecule has 2 aliphatic rings. The van der Waals surface area contributed by atoms with E-state index in [1.165, 1.54) is 0 Å². The summed E-state index contributed by atoms with van der Waals surface area (Å²) >= 11 is 0. The molecule has 1 N–H and O–H groups in total. The van der Waals surface area contributed by atoms with Gasteiger partial charge in [0.05, 0.1) is 6.54 Å². The van der Waals surface area contributed by atoms with Gasteiger partial charge in [-0.05, 0) is 37.9 Å². The van der Waals surface area contributed by atoms with Crippen LogP contribution in [0.5, 0.6) is 0 Å². The molecule has 2 saturated heterocycles. The van der Waals surface area contributed by atoms with Gasteiger partial charge in [-0.15, -0.1) is 0 Å². The monoisotopic (exact) mass is 190 g/mol. The smallest absolute Gasteiger partial charge is 0.251 e. The summed E-state index contributed by atoms with van der Waals surface area (Å²) in [6.07, 6.45) is -1.09. The number of hydrogen-bond donors (Lipinski definition) is 1. The van der Waals surface area contributed by atoms with Crippen molar-refractivity contribution >= 4 is 0 Å². The third-order valence-corrected chi connectivity index (χ3v) is 3.18. The zero-order valence-electron chi connectivity index (χ0n) is 7.68. The third kappa shape index (κ3) is 2.17. The molecule has 0 aromatic rings. The van der Waals surface area contributed by atoms with E-state index in [9.17, 15) is 8.78 Å². The predicted molar refractivity (Wildman–Crippen MR) is 46.9 cm³/mol. The lowest BCUT2D eigenvalue weighted by Crippen LogP contribution is -2.42. The van der Waals surface area contributed by atoms with Crippen LogP contribution in [0.2, 0.25) is 0 Å². The molecule has 0 spiro atoms. The first kappa shape index (κ1) is 9.34. The number of piperidine rings is 1. The Morgan fingerprint density at radius 1 is 1.31 bits per heavy atom. The van der Waals surface area contributed by atoms with Crippen molar-refractivity contribution in [3.63, 3.8) is 0 Å². The van der Waals surface area contributed by atoms with Crippen LogP contribution in [0.1, 0.15) is 6.42 Å². The van der Waals surface area contributed by atoms with Gasteiger partial charge in [0.15, 0.2) is 0 Å². The van der Waals surface area contributed by atoms with Crippen molar-refractivity contribution in [3.05, 3.63) is 0 Å². The number of nitrogens with zero attached hydrogens (tertiary/aromatic N) is 1. The molecule has 0 unspecified atom stereocenters. The van der Waals surface area contributed by atoms with E-state index in [2.05, 4.69) is 5.32 Å². The fraction of sp³-hybridized carbons (Fsp3) is 1.00. The number of nitrogens with one attached hydrogen (secondary N) is 1. The fourth-order valence-corrected chi connectivity index (χ4v) is 2.47. The number of hydrogen-bond acceptors (Lipinski definition) is 2. The molecular formula is C9H16F2N2. The van der Waals surface area contributed by atoms with E-state index in [-0.39, 0.29) is 6.54 Å². The lowest BCUT2D eigenvalue weighted by Gasteiger charge is -2.34. The number of fused-ring (bicyclic) bond motifs is 1. The van der Waals surface area contributed by atoms with Crippen LogP contribution < -0.4 is 5.32 Å². The molecule has 13 heavy (non-hydrogen) atoms. The Morgan fingerprint density at radius 3 is 2.85 bits per heavy atom. The maximum atomic E-state index is 12.1. The van der Waals surface area contributed by atoms with E-state index in [0.717, 1.165) is 38.5 Å². The molecule has 2 heterocycles. The topological polar surface area (TPSA) is 15.3 Å². The van der Waals surface area contributed by atoms with Crippen molar-refractivity contribution < 1.29 is 8.78 Å². The summed E-state index contributed by atoms with van der Waals surface area (Å²) in [5, 5.41) is 3.32. The number of alkyl halides is 2. The zero-order chi connectivity index (χ0) is 9.26. The van der Waals surface area contributed by atoms with Gasteiger partial charge in [0.25, 0.3) is 6.43 Å². The standard InChI is InChI=1S/C9H16F2N2/c10-9(11)6-13-2-1-7-3-12-4-8(7)5-13/h7-9,12H,1-6H2/t7-,8-/m1/s1. The Balaban J connectivity index is 1.83. The molecule has 0 bridgehead atoms. The molecule has 0 aromatic heterocycles. The zero-order valence-corrected chi connectivity index (χ0v) is 7.68. The van der Waals surface area contributed by atoms with Gasteiger partial charge >= 0.3 is 0 Å². The molecule has 2 nitrogen and oxygen atoms in total. The Labute approximate surface area is 77.3 Å². The fourth-order valence-electron chi connectivity index (χ4n) is 2.47. The molecule has 0 radical (unpaired) electrons. The minimum Gasteiger partial charge on any atom is -0.316 e. The highest BCUT2D eigenvalue weighted by Gasteiger charge is 2.33. The normalized spacial score (nSPS) is 35.3. The molecule has 2 atom stereocenters. The Kier molecular flexibility index (Phi) is 2.79. The molecule has 0 aromatic carbocycles. The van der Waals surface area contributed by atoms with E-state index >= 15 is 0 Å². The van der Waals surface area contributed by atoms with Gasteiger partial charge in [0, 0.05) is 6.54 Å². The van der Waals surface area contributed by atoms with Gasteiger partial charge in [-0.2, -0.15) is 0 Å². The Bertz CT molecular complexity index is 175. The lowest BCUT2D eigenvalue weighted by molar-refractivity contribution is 0.0571. The van der Waals surface area contributed by atoms with Crippen LogP contribution in [0.25, 0.3) is 0 Å². The summed E-state index contributed by atoms with van der Waals surface area (Å²) in [5.41, 5.74) is 0. The van der Waals surface area contributed by atoms with Crippen LogP contribution in [0.4, 0.5) is 8.78 Å². The number of likely N-dealkylation sites (tertiary alicyclic amines) is 1. The van der Waals surface area contributed by atoms with E-state index in [1.807, 2.05) is 4.90 Å². The van der Waals surface area contributed by atoms with Crippen LogP contribution in [0.3, 0.4) is 0 Å². The first-order valence-corrected chi connectivity index (χ1v) is 4.97. The summed E-state index contributed by atoms with van der Waals surface area (Å²) in [7, 11) is 0. The second-order valence-corrected chi connectivity index (χ2v) is 4.12. The van der Waals surface area contributed by atoms with Gasteiger partial charge in [0.1, 0.15) is 0 Å². The van der Waals surface area contributed by atoms with Crippen LogP contribution in [0, 0.1) is 11.8 Å². The van der Waals surface area contributed by atoms with Gasteiger partial charge in [0.2, 0.25) is 0 Å². The van der Waals surface area contributed by atoms with Crippen LogP contribution in [-0.4, -0.2) is 44.0 Å². The van der Waals surface area contributed by atoms with E-state index in [4.69, 9.17) is 0 Å². The average molecular weight is 190 g/mol. The minimum atomic E-state index is -2.18. The highest BCUT2D eigenvalue weighted by atomic mass is 19.3. The molecule has 2 fully saturated rings. The van der Waals surface area contributed by atoms with Crippen molar-refractivity contribution in [1.29, 1.82) is 0 Å². The Morgan fingerprint density at radius 2 is 2.08 bits per heavy atom. The van der Waals surface area contributed by atoms with Gasteiger partial charge in [-0.25, -0.2) is 8.78 Å². The van der Waals surface area contributed by atoms with Crippen molar-refractivity contribution in [3.8, 4) is 0 Å². The molecule has 0 amide bonds. The summed E-state index contributed by atoms with van der Waals surface area (Å²) < 4.78 is 24.2. The van der Waals surface area contributed by atoms with E-state index in [0.29, 0.717) is 5.92 Å². The molecule has 0 aliphatic carbocycles. The highest BCUT2D eigenvalue weighted by molar-refractivity contribution is 4.87. The lowest BCUT2D eigenvalue weighted by atomic mass is 9.89. The third-order valence-electron chi connectivity index (χ3n) is 3.18. The summed E-state index contributed by atoms with van der Waals surface area (Å²) in [6.45, 7) is 3.79. The van der Waals surface area contributed by atoms with Crippen LogP contribution in [-0.2, 0) is 0 Å². The predicted octanol–water partition coefficient (Wildman–Crippen LogP) is 0.793. The summed E-state index contributed by atoms with van der Waals surface area (Å²) in [4.78, 5) is 1.90. The largest absolute Gasteiger partial charge is 0.316 e. The van der Waals surface area contributed by atoms with E-state index < -0.39 is 6.43 Å². The summed E-state index contributed by atoms with van der Waals surface area (Å²) in [5.74, 6) is 1.36. The average Bonchev–Trinajstić information content (AvgIpc) is 2.49. The van der Waals surface area contributed by atoms with Gasteiger partial charge in [-0.3, -0.25) is 4.90 Å². The molecule has 76 valence electrons. The minimum absolute atomic E-state index is 0.0385. The quantitative estimate of drug-likeness (QED) is 0.692. The SMILES string of the molecule is FC(F)CN1CC[C@@H]2CNC[C@@H]2C1. The first-order chi connectivity index (χ1) is 6.25. The maximum Gasteiger partial charge on any atom is 0.251 e. The van der Waals surface area contributed by atoms with Crippen molar-refractivity contribution in [2.75, 3.05) is 32.7 Å². The number of rotatable bonds is 2. The second kappa shape index (κ2) is 3.88. The molecule has 2 aliphatic heterocycles. The second-order valence-electron chi connectivity index (χ2n) is 4.12. The maximum absolute atomic E-state index is 12.1. The molecule has 2 rings (SSSR count). The van der Waals surface area contributed by atoms with Crippen LogP contribution >= 0.6 is 0 Å². The van der Waals surface area contributed by atoms with Crippen LogP contribution in [0.15, 0.2) is 0 Å². The molecule has 0 saturated carbocycles. The van der Waals surface area contributed by atoms with Crippen molar-refractivity contribution in [2.45, 2.75) is 12.8 Å². The molecule has 4 heteroatoms. The van der Waals surface area contributed by atoms with E-state index in [1.54, 1.807) is 0 Å². The highest BCUT2D eigenvalue weighted by Crippen LogP contribution is 2.26. The van der Waals surface area contributed by atoms with Crippen molar-refractivity contribution in [2.24, 2.45) is 11.8 Å². The van der Waals surface area contributed by atoms with Gasteiger partial charge in [-0.1, -0.05) is 0 Å². The Hall–Kier alpha value is -0.220. The first-order valence-electron chi connectivity index (χ1n) is 4.97. The molecular weight excluding hydrogens is 174 g/mol. The van der Waals surface area contributed by atoms with Gasteiger partial charge < -0.3 is 5.32 Å². The summed E-state index contributed by atoms with van der Waals surface area (Å²) in [6, 6.07) is 0. The van der Waals surface area contributed by atoms with Crippen molar-refractivity contribution in [1.82, 2.24) is 10.2 Å². The number of halogens is 2.